The Bertz CT molecular complexity index is 1040. The lowest BCUT2D eigenvalue weighted by molar-refractivity contribution is -0.134. The Balaban J connectivity index is 1.53. The number of rotatable bonds is 6. The molecule has 3 nitrogen and oxygen atoms in total. The summed E-state index contributed by atoms with van der Waals surface area (Å²) in [7, 11) is 0. The molecule has 3 aromatic carbocycles. The van der Waals surface area contributed by atoms with Gasteiger partial charge in [-0.2, -0.15) is 0 Å². The van der Waals surface area contributed by atoms with Crippen molar-refractivity contribution in [2.45, 2.75) is 37.7 Å². The summed E-state index contributed by atoms with van der Waals surface area (Å²) in [6.07, 6.45) is 0.563. The van der Waals surface area contributed by atoms with Crippen LogP contribution >= 0.6 is 23.2 Å². The molecule has 5 heteroatoms. The average molecular weight is 454 g/mol. The SMILES string of the molecule is CC(c1ccc(Cl)cc1)C(CNC(=O)C1(C)Cc2ccccc2O1)c1ccc(Cl)cc1. The highest BCUT2D eigenvalue weighted by Crippen LogP contribution is 2.36. The molecule has 1 N–H and O–H groups in total. The summed E-state index contributed by atoms with van der Waals surface area (Å²) in [5, 5.41) is 4.55. The van der Waals surface area contributed by atoms with Gasteiger partial charge in [-0.25, -0.2) is 0 Å². The fraction of sp³-hybridized carbons (Fsp3) is 0.269. The Labute approximate surface area is 193 Å². The topological polar surface area (TPSA) is 38.3 Å². The molecule has 1 amide bonds. The van der Waals surface area contributed by atoms with Crippen LogP contribution in [0.1, 0.15) is 42.4 Å². The molecule has 0 saturated heterocycles. The zero-order valence-corrected chi connectivity index (χ0v) is 19.1. The molecule has 31 heavy (non-hydrogen) atoms. The van der Waals surface area contributed by atoms with Crippen LogP contribution in [0.15, 0.2) is 72.8 Å². The summed E-state index contributed by atoms with van der Waals surface area (Å²) in [6, 6.07) is 23.5. The first kappa shape index (κ1) is 21.7. The van der Waals surface area contributed by atoms with Gasteiger partial charge in [-0.3, -0.25) is 4.79 Å². The maximum Gasteiger partial charge on any atom is 0.264 e. The first-order valence-corrected chi connectivity index (χ1v) is 11.2. The molecule has 0 fully saturated rings. The van der Waals surface area contributed by atoms with Gasteiger partial charge >= 0.3 is 0 Å². The largest absolute Gasteiger partial charge is 0.477 e. The van der Waals surface area contributed by atoms with Gasteiger partial charge in [-0.05, 0) is 59.9 Å². The highest BCUT2D eigenvalue weighted by molar-refractivity contribution is 6.30. The molecule has 3 atom stereocenters. The molecule has 4 rings (SSSR count). The zero-order chi connectivity index (χ0) is 22.0. The first-order valence-electron chi connectivity index (χ1n) is 10.4. The summed E-state index contributed by atoms with van der Waals surface area (Å²) >= 11 is 12.2. The Kier molecular flexibility index (Phi) is 6.27. The summed E-state index contributed by atoms with van der Waals surface area (Å²) < 4.78 is 6.02. The second-order valence-corrected chi connectivity index (χ2v) is 9.20. The minimum absolute atomic E-state index is 0.0646. The Morgan fingerprint density at radius 1 is 0.968 bits per heavy atom. The van der Waals surface area contributed by atoms with E-state index in [2.05, 4.69) is 12.2 Å². The van der Waals surface area contributed by atoms with Gasteiger partial charge in [0.15, 0.2) is 5.60 Å². The van der Waals surface area contributed by atoms with Crippen LogP contribution in [-0.4, -0.2) is 18.1 Å². The van der Waals surface area contributed by atoms with Crippen LogP contribution in [0.4, 0.5) is 0 Å². The number of amides is 1. The number of carbonyl (C=O) groups excluding carboxylic acids is 1. The van der Waals surface area contributed by atoms with E-state index in [1.807, 2.05) is 79.7 Å². The maximum absolute atomic E-state index is 13.2. The minimum atomic E-state index is -0.905. The zero-order valence-electron chi connectivity index (χ0n) is 17.6. The summed E-state index contributed by atoms with van der Waals surface area (Å²) in [5.41, 5.74) is 2.43. The van der Waals surface area contributed by atoms with Gasteiger partial charge in [0.2, 0.25) is 0 Å². The molecule has 3 aromatic rings. The van der Waals surface area contributed by atoms with Gasteiger partial charge in [-0.1, -0.05) is 72.6 Å². The quantitative estimate of drug-likeness (QED) is 0.469. The van der Waals surface area contributed by atoms with E-state index in [4.69, 9.17) is 27.9 Å². The second kappa shape index (κ2) is 8.94. The number of halogens is 2. The third-order valence-corrected chi connectivity index (χ3v) is 6.60. The number of ether oxygens (including phenoxy) is 1. The lowest BCUT2D eigenvalue weighted by Gasteiger charge is -2.28. The molecule has 0 aliphatic carbocycles. The normalized spacial score (nSPS) is 19.2. The minimum Gasteiger partial charge on any atom is -0.477 e. The molecule has 1 heterocycles. The number of hydrogen-bond donors (Lipinski definition) is 1. The number of fused-ring (bicyclic) bond motifs is 1. The molecular weight excluding hydrogens is 429 g/mol. The molecule has 0 bridgehead atoms. The number of hydrogen-bond acceptors (Lipinski definition) is 2. The van der Waals surface area contributed by atoms with E-state index in [0.717, 1.165) is 22.4 Å². The highest BCUT2D eigenvalue weighted by atomic mass is 35.5. The molecule has 1 aliphatic heterocycles. The summed E-state index contributed by atoms with van der Waals surface area (Å²) in [5.74, 6) is 0.901. The molecule has 3 unspecified atom stereocenters. The Morgan fingerprint density at radius 2 is 1.55 bits per heavy atom. The predicted molar refractivity (Wildman–Crippen MR) is 126 cm³/mol. The smallest absolute Gasteiger partial charge is 0.264 e. The molecule has 0 spiro atoms. The van der Waals surface area contributed by atoms with Crippen molar-refractivity contribution < 1.29 is 9.53 Å². The fourth-order valence-electron chi connectivity index (χ4n) is 4.20. The first-order chi connectivity index (χ1) is 14.9. The third-order valence-electron chi connectivity index (χ3n) is 6.10. The van der Waals surface area contributed by atoms with Gasteiger partial charge in [0.05, 0.1) is 0 Å². The van der Waals surface area contributed by atoms with E-state index in [9.17, 15) is 4.79 Å². The molecule has 0 radical (unpaired) electrons. The predicted octanol–water partition coefficient (Wildman–Crippen LogP) is 6.39. The molecular formula is C26H25Cl2NO2. The van der Waals surface area contributed by atoms with Crippen molar-refractivity contribution in [3.63, 3.8) is 0 Å². The van der Waals surface area contributed by atoms with Crippen molar-refractivity contribution in [3.05, 3.63) is 99.5 Å². The van der Waals surface area contributed by atoms with Gasteiger partial charge < -0.3 is 10.1 Å². The van der Waals surface area contributed by atoms with Gasteiger partial charge in [0.1, 0.15) is 5.75 Å². The average Bonchev–Trinajstić information content (AvgIpc) is 3.12. The van der Waals surface area contributed by atoms with Crippen LogP contribution in [0.3, 0.4) is 0 Å². The fourth-order valence-corrected chi connectivity index (χ4v) is 4.45. The Morgan fingerprint density at radius 3 is 2.16 bits per heavy atom. The van der Waals surface area contributed by atoms with E-state index in [1.54, 1.807) is 0 Å². The number of carbonyl (C=O) groups is 1. The van der Waals surface area contributed by atoms with E-state index < -0.39 is 5.60 Å². The van der Waals surface area contributed by atoms with Gasteiger partial charge in [0, 0.05) is 28.9 Å². The standard InChI is InChI=1S/C26H25Cl2NO2/c1-17(18-7-11-21(27)12-8-18)23(19-9-13-22(28)14-10-19)16-29-25(30)26(2)15-20-5-3-4-6-24(20)31-26/h3-14,17,23H,15-16H2,1-2H3,(H,29,30). The van der Waals surface area contributed by atoms with Crippen LogP contribution in [0.5, 0.6) is 5.75 Å². The summed E-state index contributed by atoms with van der Waals surface area (Å²) in [6.45, 7) is 4.50. The van der Waals surface area contributed by atoms with Crippen molar-refractivity contribution in [1.82, 2.24) is 5.32 Å². The maximum atomic E-state index is 13.2. The second-order valence-electron chi connectivity index (χ2n) is 8.33. The lowest BCUT2D eigenvalue weighted by Crippen LogP contribution is -2.49. The van der Waals surface area contributed by atoms with Crippen LogP contribution in [0, 0.1) is 0 Å². The van der Waals surface area contributed by atoms with Crippen LogP contribution in [-0.2, 0) is 11.2 Å². The van der Waals surface area contributed by atoms with Crippen LogP contribution in [0.25, 0.3) is 0 Å². The van der Waals surface area contributed by atoms with E-state index in [0.29, 0.717) is 23.0 Å². The monoisotopic (exact) mass is 453 g/mol. The molecule has 160 valence electrons. The van der Waals surface area contributed by atoms with E-state index >= 15 is 0 Å². The third kappa shape index (κ3) is 4.73. The van der Waals surface area contributed by atoms with Crippen molar-refractivity contribution in [1.29, 1.82) is 0 Å². The number of benzene rings is 3. The van der Waals surface area contributed by atoms with Crippen molar-refractivity contribution in [2.24, 2.45) is 0 Å². The van der Waals surface area contributed by atoms with Crippen molar-refractivity contribution in [2.75, 3.05) is 6.54 Å². The molecule has 0 saturated carbocycles. The number of para-hydroxylation sites is 1. The Hall–Kier alpha value is -2.49. The highest BCUT2D eigenvalue weighted by Gasteiger charge is 2.41. The van der Waals surface area contributed by atoms with Gasteiger partial charge in [0.25, 0.3) is 5.91 Å². The van der Waals surface area contributed by atoms with Crippen LogP contribution < -0.4 is 10.1 Å². The molecule has 1 aliphatic rings. The summed E-state index contributed by atoms with van der Waals surface area (Å²) in [4.78, 5) is 13.2. The van der Waals surface area contributed by atoms with E-state index in [1.165, 1.54) is 0 Å². The lowest BCUT2D eigenvalue weighted by atomic mass is 9.82. The number of nitrogens with one attached hydrogen (secondary N) is 1. The van der Waals surface area contributed by atoms with Gasteiger partial charge in [-0.15, -0.1) is 0 Å². The van der Waals surface area contributed by atoms with E-state index in [-0.39, 0.29) is 17.7 Å². The molecule has 0 aromatic heterocycles. The van der Waals surface area contributed by atoms with Crippen molar-refractivity contribution >= 4 is 29.1 Å². The van der Waals surface area contributed by atoms with Crippen molar-refractivity contribution in [3.8, 4) is 5.75 Å². The van der Waals surface area contributed by atoms with Crippen LogP contribution in [0.2, 0.25) is 10.0 Å².